The highest BCUT2D eigenvalue weighted by atomic mass is 35.5. The first-order valence-corrected chi connectivity index (χ1v) is 10.3. The van der Waals surface area contributed by atoms with Crippen molar-refractivity contribution < 1.29 is 9.53 Å². The first-order valence-electron chi connectivity index (χ1n) is 9.97. The normalized spacial score (nSPS) is 15.3. The highest BCUT2D eigenvalue weighted by Crippen LogP contribution is 2.35. The lowest BCUT2D eigenvalue weighted by Gasteiger charge is -2.26. The van der Waals surface area contributed by atoms with Gasteiger partial charge >= 0.3 is 0 Å². The maximum Gasteiger partial charge on any atom is 0.249 e. The van der Waals surface area contributed by atoms with E-state index < -0.39 is 5.91 Å². The van der Waals surface area contributed by atoms with Gasteiger partial charge < -0.3 is 15.0 Å². The van der Waals surface area contributed by atoms with Crippen LogP contribution in [0, 0.1) is 0 Å². The molecule has 0 radical (unpaired) electrons. The van der Waals surface area contributed by atoms with Crippen LogP contribution in [0.5, 0.6) is 0 Å². The van der Waals surface area contributed by atoms with Gasteiger partial charge in [-0.1, -0.05) is 35.9 Å². The average Bonchev–Trinajstić information content (AvgIpc) is 3.05. The van der Waals surface area contributed by atoms with E-state index in [9.17, 15) is 4.79 Å². The summed E-state index contributed by atoms with van der Waals surface area (Å²) in [6, 6.07) is 12.7. The number of halogens is 1. The minimum Gasteiger partial charge on any atom is -0.379 e. The molecule has 4 rings (SSSR count). The number of rotatable bonds is 5. The molecule has 0 atom stereocenters. The molecule has 0 spiro atoms. The Morgan fingerprint density at radius 1 is 1.14 bits per heavy atom. The van der Waals surface area contributed by atoms with Crippen LogP contribution in [0.1, 0.15) is 35.8 Å². The smallest absolute Gasteiger partial charge is 0.249 e. The topological polar surface area (TPSA) is 60.5 Å². The van der Waals surface area contributed by atoms with E-state index in [0.717, 1.165) is 54.9 Å². The zero-order chi connectivity index (χ0) is 20.5. The molecule has 1 aliphatic rings. The van der Waals surface area contributed by atoms with Crippen molar-refractivity contribution in [2.24, 2.45) is 5.73 Å². The number of hydrogen-bond acceptors (Lipinski definition) is 3. The molecule has 1 fully saturated rings. The number of primary amides is 1. The van der Waals surface area contributed by atoms with Gasteiger partial charge in [-0.3, -0.25) is 9.69 Å². The molecule has 29 heavy (non-hydrogen) atoms. The van der Waals surface area contributed by atoms with Gasteiger partial charge in [0, 0.05) is 37.3 Å². The molecule has 152 valence electrons. The van der Waals surface area contributed by atoms with E-state index in [0.29, 0.717) is 10.6 Å². The van der Waals surface area contributed by atoms with Crippen molar-refractivity contribution in [1.82, 2.24) is 9.47 Å². The van der Waals surface area contributed by atoms with E-state index in [-0.39, 0.29) is 6.04 Å². The van der Waals surface area contributed by atoms with Gasteiger partial charge in [-0.05, 0) is 42.7 Å². The molecule has 1 saturated heterocycles. The fourth-order valence-electron chi connectivity index (χ4n) is 3.95. The van der Waals surface area contributed by atoms with E-state index in [1.165, 1.54) is 5.56 Å². The minimum atomic E-state index is -0.468. The van der Waals surface area contributed by atoms with Gasteiger partial charge in [0.05, 0.1) is 29.3 Å². The van der Waals surface area contributed by atoms with Crippen LogP contribution in [0.4, 0.5) is 0 Å². The molecule has 2 N–H and O–H groups in total. The second-order valence-corrected chi connectivity index (χ2v) is 8.25. The van der Waals surface area contributed by atoms with E-state index in [1.54, 1.807) is 0 Å². The van der Waals surface area contributed by atoms with Crippen LogP contribution in [0.3, 0.4) is 0 Å². The van der Waals surface area contributed by atoms with Crippen molar-refractivity contribution in [3.8, 4) is 11.1 Å². The van der Waals surface area contributed by atoms with Crippen LogP contribution < -0.4 is 5.73 Å². The third-order valence-electron chi connectivity index (χ3n) is 5.51. The van der Waals surface area contributed by atoms with Crippen LogP contribution in [-0.4, -0.2) is 41.7 Å². The van der Waals surface area contributed by atoms with Crippen LogP contribution in [0.15, 0.2) is 42.6 Å². The van der Waals surface area contributed by atoms with Crippen molar-refractivity contribution in [2.45, 2.75) is 26.4 Å². The second-order valence-electron chi connectivity index (χ2n) is 7.85. The molecule has 6 heteroatoms. The van der Waals surface area contributed by atoms with Gasteiger partial charge in [-0.15, -0.1) is 0 Å². The Hall–Kier alpha value is -2.34. The summed E-state index contributed by atoms with van der Waals surface area (Å²) in [6.07, 6.45) is 1.87. The lowest BCUT2D eigenvalue weighted by molar-refractivity contribution is 0.0342. The van der Waals surface area contributed by atoms with Crippen molar-refractivity contribution in [1.29, 1.82) is 0 Å². The van der Waals surface area contributed by atoms with Crippen LogP contribution in [0.2, 0.25) is 5.02 Å². The number of morpholine rings is 1. The molecule has 1 aromatic heterocycles. The molecule has 5 nitrogen and oxygen atoms in total. The average molecular weight is 412 g/mol. The third-order valence-corrected chi connectivity index (χ3v) is 5.79. The monoisotopic (exact) mass is 411 g/mol. The fraction of sp³-hybridized carbons (Fsp3) is 0.348. The highest BCUT2D eigenvalue weighted by molar-refractivity contribution is 6.37. The first kappa shape index (κ1) is 20.0. The molecule has 1 aliphatic heterocycles. The van der Waals surface area contributed by atoms with Crippen LogP contribution >= 0.6 is 11.6 Å². The summed E-state index contributed by atoms with van der Waals surface area (Å²) in [4.78, 5) is 14.5. The van der Waals surface area contributed by atoms with Crippen molar-refractivity contribution in [3.63, 3.8) is 0 Å². The Kier molecular flexibility index (Phi) is 5.63. The van der Waals surface area contributed by atoms with E-state index in [4.69, 9.17) is 22.1 Å². The molecular formula is C23H26ClN3O2. The SMILES string of the molecule is CC(C)n1cc(Cl)c2c(C(N)=O)cc(-c3ccc(CN4CCOCC4)cc3)cc21. The number of fused-ring (bicyclic) bond motifs is 1. The van der Waals surface area contributed by atoms with Crippen molar-refractivity contribution in [2.75, 3.05) is 26.3 Å². The Labute approximate surface area is 176 Å². The number of ether oxygens (including phenoxy) is 1. The summed E-state index contributed by atoms with van der Waals surface area (Å²) in [5, 5.41) is 1.27. The lowest BCUT2D eigenvalue weighted by Crippen LogP contribution is -2.35. The Morgan fingerprint density at radius 3 is 2.45 bits per heavy atom. The van der Waals surface area contributed by atoms with Gasteiger partial charge in [0.15, 0.2) is 0 Å². The van der Waals surface area contributed by atoms with Gasteiger partial charge in [0.1, 0.15) is 0 Å². The van der Waals surface area contributed by atoms with Crippen LogP contribution in [0.25, 0.3) is 22.0 Å². The van der Waals surface area contributed by atoms with Crippen molar-refractivity contribution >= 4 is 28.4 Å². The summed E-state index contributed by atoms with van der Waals surface area (Å²) < 4.78 is 7.50. The quantitative estimate of drug-likeness (QED) is 0.673. The van der Waals surface area contributed by atoms with E-state index >= 15 is 0 Å². The summed E-state index contributed by atoms with van der Waals surface area (Å²) in [5.41, 5.74) is 10.3. The van der Waals surface area contributed by atoms with Gasteiger partial charge in [-0.2, -0.15) is 0 Å². The summed E-state index contributed by atoms with van der Waals surface area (Å²) in [7, 11) is 0. The number of aromatic nitrogens is 1. The van der Waals surface area contributed by atoms with Gasteiger partial charge in [0.25, 0.3) is 0 Å². The maximum atomic E-state index is 12.1. The summed E-state index contributed by atoms with van der Waals surface area (Å²) in [6.45, 7) is 8.62. The number of carbonyl (C=O) groups is 1. The molecule has 0 bridgehead atoms. The molecule has 1 amide bonds. The Morgan fingerprint density at radius 2 is 1.83 bits per heavy atom. The number of hydrogen-bond donors (Lipinski definition) is 1. The number of nitrogens with two attached hydrogens (primary N) is 1. The molecular weight excluding hydrogens is 386 g/mol. The summed E-state index contributed by atoms with van der Waals surface area (Å²) >= 11 is 6.44. The van der Waals surface area contributed by atoms with Gasteiger partial charge in [-0.25, -0.2) is 0 Å². The molecule has 0 saturated carbocycles. The Bertz CT molecular complexity index is 1030. The number of amides is 1. The number of benzene rings is 2. The predicted molar refractivity (Wildman–Crippen MR) is 117 cm³/mol. The fourth-order valence-corrected chi connectivity index (χ4v) is 4.25. The van der Waals surface area contributed by atoms with Crippen LogP contribution in [-0.2, 0) is 11.3 Å². The molecule has 3 aromatic rings. The zero-order valence-electron chi connectivity index (χ0n) is 16.8. The largest absolute Gasteiger partial charge is 0.379 e. The van der Waals surface area contributed by atoms with Crippen molar-refractivity contribution in [3.05, 3.63) is 58.7 Å². The predicted octanol–water partition coefficient (Wildman–Crippen LogP) is 4.47. The molecule has 0 unspecified atom stereocenters. The lowest BCUT2D eigenvalue weighted by atomic mass is 9.98. The minimum absolute atomic E-state index is 0.219. The standard InChI is InChI=1S/C23H26ClN3O2/c1-15(2)27-14-20(24)22-19(23(25)28)11-18(12-21(22)27)17-5-3-16(4-6-17)13-26-7-9-29-10-8-26/h3-6,11-12,14-15H,7-10,13H2,1-2H3,(H2,25,28). The molecule has 2 aromatic carbocycles. The zero-order valence-corrected chi connectivity index (χ0v) is 17.6. The van der Waals surface area contributed by atoms with Gasteiger partial charge in [0.2, 0.25) is 5.91 Å². The maximum absolute atomic E-state index is 12.1. The second kappa shape index (κ2) is 8.19. The molecule has 0 aliphatic carbocycles. The number of nitrogens with zero attached hydrogens (tertiary/aromatic N) is 2. The van der Waals surface area contributed by atoms with E-state index in [1.807, 2.05) is 12.3 Å². The number of carbonyl (C=O) groups excluding carboxylic acids is 1. The highest BCUT2D eigenvalue weighted by Gasteiger charge is 2.18. The first-order chi connectivity index (χ1) is 13.9. The molecule has 2 heterocycles. The summed E-state index contributed by atoms with van der Waals surface area (Å²) in [5.74, 6) is -0.468. The Balaban J connectivity index is 1.71. The third kappa shape index (κ3) is 4.04. The van der Waals surface area contributed by atoms with E-state index in [2.05, 4.69) is 53.6 Å².